The summed E-state index contributed by atoms with van der Waals surface area (Å²) in [4.78, 5) is 40.1. The molecular weight excluding hydrogens is 596 g/mol. The van der Waals surface area contributed by atoms with E-state index in [1.807, 2.05) is 44.2 Å². The van der Waals surface area contributed by atoms with E-state index < -0.39 is 39.3 Å². The van der Waals surface area contributed by atoms with Crippen molar-refractivity contribution in [2.24, 2.45) is 0 Å². The Morgan fingerprint density at radius 3 is 2.26 bits per heavy atom. The van der Waals surface area contributed by atoms with Gasteiger partial charge in [0.25, 0.3) is 5.69 Å². The van der Waals surface area contributed by atoms with Crippen LogP contribution in [-0.2, 0) is 32.6 Å². The Labute approximate surface area is 256 Å². The molecule has 2 amide bonds. The number of carbonyl (C=O) groups excluding carboxylic acids is 2. The SMILES string of the molecule is CC[C@@H](C)NC(=O)[C@@H](Cc1ccccc1)N(Cc1ccc(Cl)cc1)C(=O)CN(c1cc([N+](=O)[O-])ccc1OC)S(C)(=O)=O. The summed E-state index contributed by atoms with van der Waals surface area (Å²) in [7, 11) is -2.88. The third kappa shape index (κ3) is 9.16. The Morgan fingerprint density at radius 2 is 1.70 bits per heavy atom. The molecule has 0 saturated heterocycles. The lowest BCUT2D eigenvalue weighted by atomic mass is 10.0. The van der Waals surface area contributed by atoms with E-state index in [9.17, 15) is 28.1 Å². The summed E-state index contributed by atoms with van der Waals surface area (Å²) in [5, 5.41) is 14.9. The molecular formula is C30H35ClN4O7S. The van der Waals surface area contributed by atoms with Crippen molar-refractivity contribution in [2.75, 3.05) is 24.2 Å². The number of ether oxygens (including phenoxy) is 1. The number of benzene rings is 3. The van der Waals surface area contributed by atoms with E-state index in [-0.39, 0.29) is 36.1 Å². The quantitative estimate of drug-likeness (QED) is 0.203. The smallest absolute Gasteiger partial charge is 0.271 e. The Bertz CT molecular complexity index is 1540. The summed E-state index contributed by atoms with van der Waals surface area (Å²) in [6.07, 6.45) is 1.70. The fourth-order valence-corrected chi connectivity index (χ4v) is 5.33. The first-order chi connectivity index (χ1) is 20.3. The molecule has 3 aromatic rings. The third-order valence-corrected chi connectivity index (χ3v) is 8.24. The lowest BCUT2D eigenvalue weighted by Gasteiger charge is -2.34. The minimum absolute atomic E-state index is 0.0171. The molecule has 2 atom stereocenters. The van der Waals surface area contributed by atoms with Gasteiger partial charge in [0.05, 0.1) is 18.3 Å². The number of nitro benzene ring substituents is 1. The topological polar surface area (TPSA) is 139 Å². The van der Waals surface area contributed by atoms with E-state index in [4.69, 9.17) is 16.3 Å². The van der Waals surface area contributed by atoms with Crippen LogP contribution < -0.4 is 14.4 Å². The van der Waals surface area contributed by atoms with Gasteiger partial charge in [0, 0.05) is 36.2 Å². The van der Waals surface area contributed by atoms with Crippen molar-refractivity contribution in [1.82, 2.24) is 10.2 Å². The van der Waals surface area contributed by atoms with Gasteiger partial charge in [0.2, 0.25) is 21.8 Å². The van der Waals surface area contributed by atoms with Gasteiger partial charge in [-0.25, -0.2) is 8.42 Å². The highest BCUT2D eigenvalue weighted by molar-refractivity contribution is 7.92. The van der Waals surface area contributed by atoms with E-state index in [1.165, 1.54) is 24.1 Å². The number of carbonyl (C=O) groups is 2. The van der Waals surface area contributed by atoms with Crippen LogP contribution in [-0.4, -0.2) is 62.0 Å². The molecule has 11 nitrogen and oxygen atoms in total. The van der Waals surface area contributed by atoms with Crippen LogP contribution in [0.1, 0.15) is 31.4 Å². The minimum atomic E-state index is -4.16. The second-order valence-electron chi connectivity index (χ2n) is 10.1. The molecule has 0 bridgehead atoms. The van der Waals surface area contributed by atoms with Crippen molar-refractivity contribution in [1.29, 1.82) is 0 Å². The average molecular weight is 631 g/mol. The van der Waals surface area contributed by atoms with Crippen LogP contribution in [0.5, 0.6) is 5.75 Å². The number of sulfonamides is 1. The van der Waals surface area contributed by atoms with Gasteiger partial charge in [-0.15, -0.1) is 0 Å². The van der Waals surface area contributed by atoms with E-state index in [0.29, 0.717) is 17.0 Å². The first-order valence-electron chi connectivity index (χ1n) is 13.5. The van der Waals surface area contributed by atoms with Crippen LogP contribution in [0.3, 0.4) is 0 Å². The fraction of sp³-hybridized carbons (Fsp3) is 0.333. The molecule has 0 heterocycles. The van der Waals surface area contributed by atoms with E-state index in [1.54, 1.807) is 24.3 Å². The van der Waals surface area contributed by atoms with Crippen molar-refractivity contribution in [3.8, 4) is 5.75 Å². The Hall–Kier alpha value is -4.16. The van der Waals surface area contributed by atoms with Crippen LogP contribution in [0.4, 0.5) is 11.4 Å². The first-order valence-corrected chi connectivity index (χ1v) is 15.7. The summed E-state index contributed by atoms with van der Waals surface area (Å²) >= 11 is 6.08. The zero-order chi connectivity index (χ0) is 31.7. The van der Waals surface area contributed by atoms with Gasteiger partial charge in [0.1, 0.15) is 24.0 Å². The highest BCUT2D eigenvalue weighted by Crippen LogP contribution is 2.34. The van der Waals surface area contributed by atoms with E-state index in [2.05, 4.69) is 5.32 Å². The second-order valence-corrected chi connectivity index (χ2v) is 12.4. The molecule has 3 rings (SSSR count). The van der Waals surface area contributed by atoms with Crippen molar-refractivity contribution in [2.45, 2.75) is 45.3 Å². The molecule has 1 N–H and O–H groups in total. The molecule has 0 aliphatic rings. The minimum Gasteiger partial charge on any atom is -0.495 e. The maximum Gasteiger partial charge on any atom is 0.271 e. The van der Waals surface area contributed by atoms with Gasteiger partial charge < -0.3 is 15.0 Å². The van der Waals surface area contributed by atoms with Crippen molar-refractivity contribution < 1.29 is 27.7 Å². The van der Waals surface area contributed by atoms with Gasteiger partial charge in [0.15, 0.2) is 0 Å². The number of nitrogens with zero attached hydrogens (tertiary/aromatic N) is 3. The van der Waals surface area contributed by atoms with Gasteiger partial charge in [-0.3, -0.25) is 24.0 Å². The van der Waals surface area contributed by atoms with Crippen LogP contribution in [0, 0.1) is 10.1 Å². The zero-order valence-electron chi connectivity index (χ0n) is 24.4. The van der Waals surface area contributed by atoms with Crippen molar-refractivity contribution in [3.63, 3.8) is 0 Å². The number of amides is 2. The Morgan fingerprint density at radius 1 is 1.05 bits per heavy atom. The standard InChI is InChI=1S/C30H35ClN4O7S/c1-5-21(2)32-30(37)27(17-22-9-7-6-8-10-22)33(19-23-11-13-24(31)14-12-23)29(36)20-34(43(4,40)41)26-18-25(35(38)39)15-16-28(26)42-3/h6-16,18,21,27H,5,17,19-20H2,1-4H3,(H,32,37)/t21-,27-/m1/s1. The number of nitro groups is 1. The molecule has 0 fully saturated rings. The predicted octanol–water partition coefficient (Wildman–Crippen LogP) is 4.58. The highest BCUT2D eigenvalue weighted by atomic mass is 35.5. The molecule has 0 aliphatic heterocycles. The molecule has 0 radical (unpaired) electrons. The number of halogens is 1. The molecule has 3 aromatic carbocycles. The predicted molar refractivity (Wildman–Crippen MR) is 166 cm³/mol. The first kappa shape index (κ1) is 33.3. The monoisotopic (exact) mass is 630 g/mol. The number of rotatable bonds is 14. The number of methoxy groups -OCH3 is 1. The second kappa shape index (κ2) is 14.8. The molecule has 0 aliphatic carbocycles. The van der Waals surface area contributed by atoms with Gasteiger partial charge in [-0.2, -0.15) is 0 Å². The zero-order valence-corrected chi connectivity index (χ0v) is 26.0. The van der Waals surface area contributed by atoms with Gasteiger partial charge >= 0.3 is 0 Å². The molecule has 43 heavy (non-hydrogen) atoms. The molecule has 0 aromatic heterocycles. The molecule has 0 unspecified atom stereocenters. The number of non-ortho nitro benzene ring substituents is 1. The van der Waals surface area contributed by atoms with Crippen LogP contribution in [0.2, 0.25) is 5.02 Å². The Balaban J connectivity index is 2.13. The van der Waals surface area contributed by atoms with Crippen molar-refractivity contribution in [3.05, 3.63) is 99.1 Å². The summed E-state index contributed by atoms with van der Waals surface area (Å²) in [5.41, 5.74) is 0.888. The third-order valence-electron chi connectivity index (χ3n) is 6.86. The molecule has 13 heteroatoms. The summed E-state index contributed by atoms with van der Waals surface area (Å²) in [5.74, 6) is -1.09. The van der Waals surface area contributed by atoms with E-state index in [0.717, 1.165) is 22.2 Å². The average Bonchev–Trinajstić information content (AvgIpc) is 2.97. The van der Waals surface area contributed by atoms with Crippen LogP contribution in [0.25, 0.3) is 0 Å². The molecule has 230 valence electrons. The lowest BCUT2D eigenvalue weighted by Crippen LogP contribution is -2.54. The van der Waals surface area contributed by atoms with Gasteiger partial charge in [-0.1, -0.05) is 61.0 Å². The normalized spacial score (nSPS) is 12.6. The fourth-order valence-electron chi connectivity index (χ4n) is 4.36. The molecule has 0 saturated carbocycles. The maximum absolute atomic E-state index is 14.2. The summed E-state index contributed by atoms with van der Waals surface area (Å²) < 4.78 is 32.1. The number of hydrogen-bond donors (Lipinski definition) is 1. The number of hydrogen-bond acceptors (Lipinski definition) is 7. The highest BCUT2D eigenvalue weighted by Gasteiger charge is 2.34. The number of anilines is 1. The number of nitrogens with one attached hydrogen (secondary N) is 1. The maximum atomic E-state index is 14.2. The largest absolute Gasteiger partial charge is 0.495 e. The van der Waals surface area contributed by atoms with E-state index >= 15 is 0 Å². The lowest BCUT2D eigenvalue weighted by molar-refractivity contribution is -0.384. The summed E-state index contributed by atoms with van der Waals surface area (Å²) in [6.45, 7) is 2.99. The van der Waals surface area contributed by atoms with Crippen LogP contribution in [0.15, 0.2) is 72.8 Å². The van der Waals surface area contributed by atoms with Crippen molar-refractivity contribution >= 4 is 44.8 Å². The summed E-state index contributed by atoms with van der Waals surface area (Å²) in [6, 6.07) is 18.2. The molecule has 0 spiro atoms. The Kier molecular flexibility index (Phi) is 11.5. The van der Waals surface area contributed by atoms with Gasteiger partial charge in [-0.05, 0) is 42.7 Å². The van der Waals surface area contributed by atoms with Crippen LogP contribution >= 0.6 is 11.6 Å².